The molecule has 3 aliphatic rings. The quantitative estimate of drug-likeness (QED) is 0.522. The van der Waals surface area contributed by atoms with Gasteiger partial charge in [0.1, 0.15) is 12.6 Å². The largest absolute Gasteiger partial charge is 0.480 e. The molecule has 0 aromatic heterocycles. The summed E-state index contributed by atoms with van der Waals surface area (Å²) < 4.78 is 5.67. The maximum atomic E-state index is 13.0. The van der Waals surface area contributed by atoms with Crippen molar-refractivity contribution in [2.24, 2.45) is 11.8 Å². The van der Waals surface area contributed by atoms with E-state index in [-0.39, 0.29) is 24.5 Å². The van der Waals surface area contributed by atoms with Gasteiger partial charge in [-0.05, 0) is 47.4 Å². The number of alkyl carbamates (subject to hydrolysis) is 1. The molecule has 2 aromatic rings. The molecule has 0 bridgehead atoms. The van der Waals surface area contributed by atoms with Crippen LogP contribution in [0.5, 0.6) is 0 Å². The zero-order chi connectivity index (χ0) is 24.4. The van der Waals surface area contributed by atoms with E-state index < -0.39 is 24.0 Å². The third-order valence-electron chi connectivity index (χ3n) is 7.63. The zero-order valence-corrected chi connectivity index (χ0v) is 19.7. The molecule has 2 amide bonds. The van der Waals surface area contributed by atoms with Crippen LogP contribution in [0.3, 0.4) is 0 Å². The molecule has 2 fully saturated rings. The highest BCUT2D eigenvalue weighted by Crippen LogP contribution is 2.44. The van der Waals surface area contributed by atoms with Crippen molar-refractivity contribution in [1.82, 2.24) is 10.6 Å². The van der Waals surface area contributed by atoms with Crippen molar-refractivity contribution in [2.45, 2.75) is 62.9 Å². The number of carboxylic acids is 1. The van der Waals surface area contributed by atoms with Gasteiger partial charge in [-0.1, -0.05) is 74.2 Å². The second kappa shape index (κ2) is 10.1. The Balaban J connectivity index is 1.20. The second-order valence-corrected chi connectivity index (χ2v) is 10.0. The molecule has 184 valence electrons. The highest BCUT2D eigenvalue weighted by molar-refractivity contribution is 5.86. The molecule has 35 heavy (non-hydrogen) atoms. The standard InChI is InChI=1S/C28H32N2O5/c31-26(29-25(27(32)33)15-17-13-14-17)22-11-5-6-12-24(22)30-28(34)35-16-23-20-9-3-1-7-18(20)19-8-2-4-10-21(19)23/h1-4,7-10,17,22-25H,5-6,11-16H2,(H,29,31)(H,30,34)(H,32,33)/t22-,24+,25?/m0/s1. The average molecular weight is 477 g/mol. The fourth-order valence-electron chi connectivity index (χ4n) is 5.60. The number of fused-ring (bicyclic) bond motifs is 3. The Hall–Kier alpha value is -3.35. The normalized spacial score (nSPS) is 21.9. The molecule has 7 nitrogen and oxygen atoms in total. The van der Waals surface area contributed by atoms with Crippen LogP contribution >= 0.6 is 0 Å². The van der Waals surface area contributed by atoms with Crippen LogP contribution in [0, 0.1) is 11.8 Å². The lowest BCUT2D eigenvalue weighted by Gasteiger charge is -2.32. The van der Waals surface area contributed by atoms with Gasteiger partial charge >= 0.3 is 12.1 Å². The van der Waals surface area contributed by atoms with E-state index in [0.717, 1.165) is 36.8 Å². The highest BCUT2D eigenvalue weighted by atomic mass is 16.5. The Kier molecular flexibility index (Phi) is 6.75. The minimum Gasteiger partial charge on any atom is -0.480 e. The molecule has 7 heteroatoms. The molecule has 0 radical (unpaired) electrons. The molecule has 2 aromatic carbocycles. The smallest absolute Gasteiger partial charge is 0.407 e. The van der Waals surface area contributed by atoms with Gasteiger partial charge in [0, 0.05) is 12.0 Å². The minimum atomic E-state index is -0.998. The first-order valence-electron chi connectivity index (χ1n) is 12.7. The Morgan fingerprint density at radius 3 is 2.17 bits per heavy atom. The van der Waals surface area contributed by atoms with Crippen LogP contribution in [-0.2, 0) is 14.3 Å². The molecule has 2 saturated carbocycles. The summed E-state index contributed by atoms with van der Waals surface area (Å²) in [7, 11) is 0. The van der Waals surface area contributed by atoms with Crippen LogP contribution in [0.4, 0.5) is 4.79 Å². The number of carbonyl (C=O) groups is 3. The van der Waals surface area contributed by atoms with Gasteiger partial charge in [0.15, 0.2) is 0 Å². The molecular formula is C28H32N2O5. The first kappa shape index (κ1) is 23.4. The van der Waals surface area contributed by atoms with Crippen molar-refractivity contribution in [3.63, 3.8) is 0 Å². The predicted octanol–water partition coefficient (Wildman–Crippen LogP) is 4.45. The van der Waals surface area contributed by atoms with Crippen molar-refractivity contribution in [3.8, 4) is 11.1 Å². The summed E-state index contributed by atoms with van der Waals surface area (Å²) >= 11 is 0. The highest BCUT2D eigenvalue weighted by Gasteiger charge is 2.36. The first-order chi connectivity index (χ1) is 17.0. The van der Waals surface area contributed by atoms with E-state index in [0.29, 0.717) is 25.2 Å². The predicted molar refractivity (Wildman–Crippen MR) is 131 cm³/mol. The zero-order valence-electron chi connectivity index (χ0n) is 19.7. The van der Waals surface area contributed by atoms with E-state index in [1.807, 2.05) is 24.3 Å². The summed E-state index contributed by atoms with van der Waals surface area (Å²) in [6, 6.07) is 15.1. The van der Waals surface area contributed by atoms with Crippen molar-refractivity contribution in [2.75, 3.05) is 6.61 Å². The number of ether oxygens (including phenoxy) is 1. The van der Waals surface area contributed by atoms with Crippen LogP contribution in [0.2, 0.25) is 0 Å². The van der Waals surface area contributed by atoms with Crippen LogP contribution in [0.15, 0.2) is 48.5 Å². The SMILES string of the molecule is O=C(N[C@@H]1CCCC[C@@H]1C(=O)NC(CC1CC1)C(=O)O)OCC1c2ccccc2-c2ccccc21. The number of nitrogens with one attached hydrogen (secondary N) is 2. The summed E-state index contributed by atoms with van der Waals surface area (Å²) in [6.07, 6.45) is 5.05. The number of amides is 2. The van der Waals surface area contributed by atoms with Gasteiger partial charge in [-0.3, -0.25) is 4.79 Å². The van der Waals surface area contributed by atoms with E-state index in [4.69, 9.17) is 4.74 Å². The Labute approximate surface area is 205 Å². The molecule has 3 atom stereocenters. The Bertz CT molecular complexity index is 1070. The summed E-state index contributed by atoms with van der Waals surface area (Å²) in [4.78, 5) is 37.4. The second-order valence-electron chi connectivity index (χ2n) is 10.0. The van der Waals surface area contributed by atoms with Gasteiger partial charge in [0.25, 0.3) is 0 Å². The van der Waals surface area contributed by atoms with Crippen molar-refractivity contribution >= 4 is 18.0 Å². The topological polar surface area (TPSA) is 105 Å². The first-order valence-corrected chi connectivity index (χ1v) is 12.7. The van der Waals surface area contributed by atoms with E-state index in [9.17, 15) is 19.5 Å². The van der Waals surface area contributed by atoms with Crippen LogP contribution < -0.4 is 10.6 Å². The van der Waals surface area contributed by atoms with E-state index in [2.05, 4.69) is 34.9 Å². The third kappa shape index (κ3) is 5.19. The number of benzene rings is 2. The average Bonchev–Trinajstić information content (AvgIpc) is 3.63. The molecule has 5 rings (SSSR count). The van der Waals surface area contributed by atoms with Crippen LogP contribution in [-0.4, -0.2) is 41.8 Å². The lowest BCUT2D eigenvalue weighted by Crippen LogP contribution is -2.52. The summed E-state index contributed by atoms with van der Waals surface area (Å²) in [5.41, 5.74) is 4.62. The fourth-order valence-corrected chi connectivity index (χ4v) is 5.60. The van der Waals surface area contributed by atoms with Crippen molar-refractivity contribution in [3.05, 3.63) is 59.7 Å². The number of carboxylic acid groups (broad SMARTS) is 1. The number of aliphatic carboxylic acids is 1. The van der Waals surface area contributed by atoms with Gasteiger partial charge in [0.05, 0.1) is 5.92 Å². The lowest BCUT2D eigenvalue weighted by molar-refractivity contribution is -0.143. The molecule has 3 aliphatic carbocycles. The Morgan fingerprint density at radius 1 is 0.914 bits per heavy atom. The number of hydrogen-bond donors (Lipinski definition) is 3. The fraction of sp³-hybridized carbons (Fsp3) is 0.464. The van der Waals surface area contributed by atoms with Gasteiger partial charge in [-0.2, -0.15) is 0 Å². The van der Waals surface area contributed by atoms with Crippen molar-refractivity contribution in [1.29, 1.82) is 0 Å². The number of carbonyl (C=O) groups excluding carboxylic acids is 2. The monoisotopic (exact) mass is 476 g/mol. The van der Waals surface area contributed by atoms with Crippen LogP contribution in [0.1, 0.15) is 62.0 Å². The summed E-state index contributed by atoms with van der Waals surface area (Å²) in [5, 5.41) is 15.2. The van der Waals surface area contributed by atoms with Gasteiger partial charge in [0.2, 0.25) is 5.91 Å². The number of rotatable bonds is 8. The van der Waals surface area contributed by atoms with Crippen LogP contribution in [0.25, 0.3) is 11.1 Å². The molecule has 0 saturated heterocycles. The third-order valence-corrected chi connectivity index (χ3v) is 7.63. The molecule has 0 heterocycles. The van der Waals surface area contributed by atoms with E-state index in [1.165, 1.54) is 11.1 Å². The lowest BCUT2D eigenvalue weighted by atomic mass is 9.83. The van der Waals surface area contributed by atoms with Gasteiger partial charge in [-0.15, -0.1) is 0 Å². The maximum absolute atomic E-state index is 13.0. The van der Waals surface area contributed by atoms with Gasteiger partial charge in [-0.25, -0.2) is 9.59 Å². The minimum absolute atomic E-state index is 0.0302. The molecule has 1 unspecified atom stereocenters. The number of hydrogen-bond acceptors (Lipinski definition) is 4. The molecule has 0 spiro atoms. The van der Waals surface area contributed by atoms with Gasteiger partial charge < -0.3 is 20.5 Å². The van der Waals surface area contributed by atoms with E-state index >= 15 is 0 Å². The molecular weight excluding hydrogens is 444 g/mol. The summed E-state index contributed by atoms with van der Waals surface area (Å²) in [6.45, 7) is 0.214. The maximum Gasteiger partial charge on any atom is 0.407 e. The van der Waals surface area contributed by atoms with E-state index in [1.54, 1.807) is 0 Å². The Morgan fingerprint density at radius 2 is 1.54 bits per heavy atom. The molecule has 0 aliphatic heterocycles. The van der Waals surface area contributed by atoms with Crippen molar-refractivity contribution < 1.29 is 24.2 Å². The molecule has 3 N–H and O–H groups in total. The summed E-state index contributed by atoms with van der Waals surface area (Å²) in [5.74, 6) is -1.39.